The minimum atomic E-state index is -4.53. The quantitative estimate of drug-likeness (QED) is 0.390. The summed E-state index contributed by atoms with van der Waals surface area (Å²) in [6.07, 6.45) is 6.69. The van der Waals surface area contributed by atoms with Crippen LogP contribution in [0.25, 0.3) is 0 Å². The molecule has 2 N–H and O–H groups in total. The molecule has 41 heavy (non-hydrogen) atoms. The van der Waals surface area contributed by atoms with Crippen LogP contribution in [0.3, 0.4) is 0 Å². The standard InChI is InChI=1S/C13H16N4O.C8H5F3N2.C8H16.C2H6/c1-2-13(18)17-7-5-16(6-8-17)12-4-3-11(9-14)15-10-12;9-8(10,11)7-3-6(13)2-1-5(7)4-12;1-2-8-6-4-3-5-7-8;1-2/h3-4,10H,2,5-8H2,1H3;1-3H,13H2;8H,2-7H2,1H3;1-2H3. The van der Waals surface area contributed by atoms with Crippen LogP contribution < -0.4 is 10.6 Å². The molecule has 2 heterocycles. The van der Waals surface area contributed by atoms with E-state index in [4.69, 9.17) is 16.3 Å². The Hall–Kier alpha value is -3.79. The minimum absolute atomic E-state index is 0.00803. The van der Waals surface area contributed by atoms with Gasteiger partial charge in [0.05, 0.1) is 29.1 Å². The second-order valence-corrected chi connectivity index (χ2v) is 9.56. The zero-order valence-corrected chi connectivity index (χ0v) is 24.7. The molecule has 2 aliphatic rings. The number of piperazine rings is 1. The molecule has 4 rings (SSSR count). The second-order valence-electron chi connectivity index (χ2n) is 9.56. The van der Waals surface area contributed by atoms with Crippen LogP contribution in [0.1, 0.15) is 89.5 Å². The Balaban J connectivity index is 0.000000319. The van der Waals surface area contributed by atoms with Crippen LogP contribution in [0.15, 0.2) is 36.5 Å². The smallest absolute Gasteiger partial charge is 0.399 e. The molecule has 224 valence electrons. The number of aromatic nitrogens is 1. The molecule has 1 aromatic heterocycles. The lowest BCUT2D eigenvalue weighted by atomic mass is 9.88. The fraction of sp³-hybridized carbons (Fsp3) is 0.548. The van der Waals surface area contributed by atoms with Crippen molar-refractivity contribution in [3.05, 3.63) is 53.3 Å². The fourth-order valence-corrected chi connectivity index (χ4v) is 4.57. The molecule has 0 atom stereocenters. The molecule has 1 saturated heterocycles. The molecule has 0 bridgehead atoms. The van der Waals surface area contributed by atoms with Crippen molar-refractivity contribution in [2.24, 2.45) is 5.92 Å². The van der Waals surface area contributed by atoms with Crippen molar-refractivity contribution in [1.29, 1.82) is 10.5 Å². The molecule has 0 unspecified atom stereocenters. The van der Waals surface area contributed by atoms with Crippen molar-refractivity contribution >= 4 is 17.3 Å². The van der Waals surface area contributed by atoms with Gasteiger partial charge in [-0.15, -0.1) is 0 Å². The highest BCUT2D eigenvalue weighted by Crippen LogP contribution is 2.32. The Morgan fingerprint density at radius 1 is 1.00 bits per heavy atom. The molecule has 2 aromatic rings. The zero-order valence-electron chi connectivity index (χ0n) is 24.7. The number of halogens is 3. The van der Waals surface area contributed by atoms with E-state index in [9.17, 15) is 18.0 Å². The lowest BCUT2D eigenvalue weighted by Crippen LogP contribution is -2.48. The van der Waals surface area contributed by atoms with E-state index in [2.05, 4.69) is 16.8 Å². The van der Waals surface area contributed by atoms with Gasteiger partial charge in [0.1, 0.15) is 11.8 Å². The monoisotopic (exact) mass is 572 g/mol. The van der Waals surface area contributed by atoms with Gasteiger partial charge in [-0.05, 0) is 36.2 Å². The zero-order chi connectivity index (χ0) is 30.8. The minimum Gasteiger partial charge on any atom is -0.399 e. The summed E-state index contributed by atoms with van der Waals surface area (Å²) in [7, 11) is 0. The number of hydrogen-bond donors (Lipinski definition) is 1. The lowest BCUT2D eigenvalue weighted by molar-refractivity contribution is -0.137. The summed E-state index contributed by atoms with van der Waals surface area (Å²) >= 11 is 0. The Morgan fingerprint density at radius 3 is 2.07 bits per heavy atom. The molecule has 1 aromatic carbocycles. The number of rotatable bonds is 3. The van der Waals surface area contributed by atoms with Crippen LogP contribution in [-0.2, 0) is 11.0 Å². The van der Waals surface area contributed by atoms with Crippen LogP contribution in [0.4, 0.5) is 24.5 Å². The maximum Gasteiger partial charge on any atom is 0.417 e. The number of hydrogen-bond acceptors (Lipinski definition) is 6. The van der Waals surface area contributed by atoms with Crippen LogP contribution in [0, 0.1) is 28.6 Å². The largest absolute Gasteiger partial charge is 0.417 e. The topological polar surface area (TPSA) is 110 Å². The van der Waals surface area contributed by atoms with E-state index in [1.165, 1.54) is 50.7 Å². The summed E-state index contributed by atoms with van der Waals surface area (Å²) in [4.78, 5) is 19.7. The predicted molar refractivity (Wildman–Crippen MR) is 157 cm³/mol. The van der Waals surface area contributed by atoms with Gasteiger partial charge >= 0.3 is 6.18 Å². The molecule has 7 nitrogen and oxygen atoms in total. The average molecular weight is 573 g/mol. The first-order chi connectivity index (χ1) is 19.6. The molecule has 1 saturated carbocycles. The van der Waals surface area contributed by atoms with Gasteiger partial charge in [0.25, 0.3) is 0 Å². The van der Waals surface area contributed by atoms with Crippen molar-refractivity contribution in [1.82, 2.24) is 9.88 Å². The first kappa shape index (κ1) is 35.2. The van der Waals surface area contributed by atoms with E-state index in [1.807, 2.05) is 37.8 Å². The maximum atomic E-state index is 12.2. The number of benzene rings is 1. The number of nitrogen functional groups attached to an aromatic ring is 1. The summed E-state index contributed by atoms with van der Waals surface area (Å²) in [5, 5.41) is 17.1. The molecule has 1 aliphatic heterocycles. The van der Waals surface area contributed by atoms with Crippen LogP contribution in [-0.4, -0.2) is 42.0 Å². The van der Waals surface area contributed by atoms with Gasteiger partial charge in [-0.3, -0.25) is 4.79 Å². The second kappa shape index (κ2) is 18.5. The highest BCUT2D eigenvalue weighted by molar-refractivity contribution is 5.76. The van der Waals surface area contributed by atoms with E-state index in [0.717, 1.165) is 49.9 Å². The molecule has 0 radical (unpaired) electrons. The van der Waals surface area contributed by atoms with Crippen LogP contribution >= 0.6 is 0 Å². The van der Waals surface area contributed by atoms with Crippen LogP contribution in [0.2, 0.25) is 0 Å². The number of carbonyl (C=O) groups is 1. The van der Waals surface area contributed by atoms with Gasteiger partial charge in [0.2, 0.25) is 5.91 Å². The van der Waals surface area contributed by atoms with E-state index in [-0.39, 0.29) is 11.6 Å². The molecule has 0 spiro atoms. The van der Waals surface area contributed by atoms with Gasteiger partial charge in [-0.25, -0.2) is 4.98 Å². The summed E-state index contributed by atoms with van der Waals surface area (Å²) in [6.45, 7) is 11.4. The molecule has 1 amide bonds. The van der Waals surface area contributed by atoms with Crippen molar-refractivity contribution < 1.29 is 18.0 Å². The SMILES string of the molecule is CC.CCC(=O)N1CCN(c2ccc(C#N)nc2)CC1.CCC1CCCCC1.N#Cc1ccc(N)cc1C(F)(F)F. The number of pyridine rings is 1. The van der Waals surface area contributed by atoms with Gasteiger partial charge in [0, 0.05) is 38.3 Å². The number of amides is 1. The summed E-state index contributed by atoms with van der Waals surface area (Å²) in [6, 6.07) is 10.1. The first-order valence-corrected chi connectivity index (χ1v) is 14.4. The fourth-order valence-electron chi connectivity index (χ4n) is 4.57. The van der Waals surface area contributed by atoms with Gasteiger partial charge < -0.3 is 15.5 Å². The Labute approximate surface area is 242 Å². The first-order valence-electron chi connectivity index (χ1n) is 14.4. The van der Waals surface area contributed by atoms with Gasteiger partial charge in [0.15, 0.2) is 0 Å². The molecule has 1 aliphatic carbocycles. The number of carbonyl (C=O) groups excluding carboxylic acids is 1. The number of anilines is 2. The third kappa shape index (κ3) is 12.1. The molecular formula is C31H43F3N6O. The van der Waals surface area contributed by atoms with E-state index < -0.39 is 17.3 Å². The Bertz CT molecular complexity index is 1120. The van der Waals surface area contributed by atoms with E-state index in [1.54, 1.807) is 12.3 Å². The number of alkyl halides is 3. The number of nitrogens with zero attached hydrogens (tertiary/aromatic N) is 5. The van der Waals surface area contributed by atoms with Gasteiger partial charge in [-0.2, -0.15) is 23.7 Å². The lowest BCUT2D eigenvalue weighted by Gasteiger charge is -2.35. The molecule has 10 heteroatoms. The van der Waals surface area contributed by atoms with E-state index >= 15 is 0 Å². The van der Waals surface area contributed by atoms with Crippen LogP contribution in [0.5, 0.6) is 0 Å². The Kier molecular flexibility index (Phi) is 15.9. The van der Waals surface area contributed by atoms with Crippen molar-refractivity contribution in [3.8, 4) is 12.1 Å². The predicted octanol–water partition coefficient (Wildman–Crippen LogP) is 7.17. The van der Waals surface area contributed by atoms with Crippen molar-refractivity contribution in [2.75, 3.05) is 36.8 Å². The molecule has 2 fully saturated rings. The molecular weight excluding hydrogens is 529 g/mol. The maximum absolute atomic E-state index is 12.2. The Morgan fingerprint density at radius 2 is 1.63 bits per heavy atom. The number of nitriles is 2. The third-order valence-electron chi connectivity index (χ3n) is 6.93. The highest BCUT2D eigenvalue weighted by atomic mass is 19.4. The summed E-state index contributed by atoms with van der Waals surface area (Å²) in [5.74, 6) is 1.30. The van der Waals surface area contributed by atoms with Crippen molar-refractivity contribution in [3.63, 3.8) is 0 Å². The summed E-state index contributed by atoms with van der Waals surface area (Å²) < 4.78 is 36.6. The average Bonchev–Trinajstić information content (AvgIpc) is 3.02. The van der Waals surface area contributed by atoms with Gasteiger partial charge in [-0.1, -0.05) is 66.2 Å². The highest BCUT2D eigenvalue weighted by Gasteiger charge is 2.33. The van der Waals surface area contributed by atoms with E-state index in [0.29, 0.717) is 12.1 Å². The summed E-state index contributed by atoms with van der Waals surface area (Å²) in [5.41, 5.74) is 5.20. The normalized spacial score (nSPS) is 15.0. The number of nitrogens with two attached hydrogens (primary N) is 1. The third-order valence-corrected chi connectivity index (χ3v) is 6.93. The van der Waals surface area contributed by atoms with Crippen molar-refractivity contribution in [2.45, 2.75) is 78.8 Å².